The van der Waals surface area contributed by atoms with Crippen molar-refractivity contribution in [1.29, 1.82) is 0 Å². The molecular weight excluding hydrogens is 274 g/mol. The van der Waals surface area contributed by atoms with E-state index < -0.39 is 0 Å². The molecule has 0 N–H and O–H groups in total. The zero-order valence-electron chi connectivity index (χ0n) is 15.1. The first-order chi connectivity index (χ1) is 10.4. The lowest BCUT2D eigenvalue weighted by molar-refractivity contribution is 0.0162. The molecule has 1 aliphatic carbocycles. The maximum atomic E-state index is 5.47. The summed E-state index contributed by atoms with van der Waals surface area (Å²) in [7, 11) is 0. The van der Waals surface area contributed by atoms with Crippen molar-refractivity contribution in [3.63, 3.8) is 0 Å². The van der Waals surface area contributed by atoms with E-state index in [1.165, 1.54) is 39.0 Å². The van der Waals surface area contributed by atoms with Crippen molar-refractivity contribution in [1.82, 2.24) is 14.7 Å². The Labute approximate surface area is 136 Å². The fourth-order valence-corrected chi connectivity index (χ4v) is 4.26. The number of hydrogen-bond acceptors (Lipinski definition) is 4. The molecule has 2 heterocycles. The number of ether oxygens (including phenoxy) is 1. The Hall–Kier alpha value is -0.160. The number of hydrogen-bond donors (Lipinski definition) is 0. The lowest BCUT2D eigenvalue weighted by Crippen LogP contribution is -2.54. The molecule has 3 aliphatic rings. The van der Waals surface area contributed by atoms with Crippen molar-refractivity contribution >= 4 is 0 Å². The Morgan fingerprint density at radius 1 is 1.00 bits per heavy atom. The van der Waals surface area contributed by atoms with E-state index in [0.717, 1.165) is 44.3 Å². The van der Waals surface area contributed by atoms with E-state index in [1.54, 1.807) is 0 Å². The summed E-state index contributed by atoms with van der Waals surface area (Å²) in [6, 6.07) is 1.61. The first-order valence-electron chi connectivity index (χ1n) is 9.26. The SMILES string of the molecule is CC(CC1CC1N1CCN(C(C)(C)C)CC1)N1CCOCC1. The average Bonchev–Trinajstić information content (AvgIpc) is 3.26. The smallest absolute Gasteiger partial charge is 0.0594 e. The number of piperazine rings is 1. The molecule has 0 aromatic heterocycles. The predicted molar refractivity (Wildman–Crippen MR) is 91.3 cm³/mol. The molecular formula is C18H35N3O. The number of nitrogens with zero attached hydrogens (tertiary/aromatic N) is 3. The summed E-state index contributed by atoms with van der Waals surface area (Å²) < 4.78 is 5.47. The molecule has 0 amide bonds. The molecule has 0 aromatic rings. The minimum Gasteiger partial charge on any atom is -0.379 e. The summed E-state index contributed by atoms with van der Waals surface area (Å²) in [5.41, 5.74) is 0.333. The highest BCUT2D eigenvalue weighted by Crippen LogP contribution is 2.40. The summed E-state index contributed by atoms with van der Waals surface area (Å²) in [5, 5.41) is 0. The van der Waals surface area contributed by atoms with Gasteiger partial charge in [-0.05, 0) is 46.5 Å². The number of rotatable bonds is 4. The molecule has 4 nitrogen and oxygen atoms in total. The molecule has 0 spiro atoms. The first-order valence-corrected chi connectivity index (χ1v) is 9.26. The van der Waals surface area contributed by atoms with Crippen LogP contribution in [0.2, 0.25) is 0 Å². The van der Waals surface area contributed by atoms with Gasteiger partial charge in [-0.25, -0.2) is 0 Å². The zero-order chi connectivity index (χ0) is 15.7. The quantitative estimate of drug-likeness (QED) is 0.789. The average molecular weight is 309 g/mol. The molecule has 0 radical (unpaired) electrons. The van der Waals surface area contributed by atoms with Gasteiger partial charge in [0.1, 0.15) is 0 Å². The van der Waals surface area contributed by atoms with Gasteiger partial charge in [0.15, 0.2) is 0 Å². The zero-order valence-corrected chi connectivity index (χ0v) is 15.1. The second-order valence-electron chi connectivity index (χ2n) is 8.49. The van der Waals surface area contributed by atoms with E-state index in [0.29, 0.717) is 5.54 Å². The van der Waals surface area contributed by atoms with Crippen LogP contribution in [0.25, 0.3) is 0 Å². The van der Waals surface area contributed by atoms with Gasteiger partial charge >= 0.3 is 0 Å². The molecule has 3 rings (SSSR count). The first kappa shape index (κ1) is 16.7. The van der Waals surface area contributed by atoms with Crippen LogP contribution in [0, 0.1) is 5.92 Å². The maximum Gasteiger partial charge on any atom is 0.0594 e. The van der Waals surface area contributed by atoms with Gasteiger partial charge in [0, 0.05) is 56.9 Å². The standard InChI is InChI=1S/C18H35N3O/c1-15(19-9-11-22-12-10-19)13-16-14-17(16)20-5-7-21(8-6-20)18(2,3)4/h15-17H,5-14H2,1-4H3. The highest BCUT2D eigenvalue weighted by atomic mass is 16.5. The molecule has 3 atom stereocenters. The van der Waals surface area contributed by atoms with Gasteiger partial charge in [-0.15, -0.1) is 0 Å². The molecule has 0 aromatic carbocycles. The van der Waals surface area contributed by atoms with Gasteiger partial charge in [-0.1, -0.05) is 0 Å². The molecule has 4 heteroatoms. The molecule has 2 saturated heterocycles. The summed E-state index contributed by atoms with van der Waals surface area (Å²) in [6.45, 7) is 18.6. The minimum atomic E-state index is 0.333. The van der Waals surface area contributed by atoms with E-state index in [4.69, 9.17) is 4.74 Å². The second-order valence-corrected chi connectivity index (χ2v) is 8.49. The van der Waals surface area contributed by atoms with Crippen LogP contribution in [0.15, 0.2) is 0 Å². The van der Waals surface area contributed by atoms with Crippen molar-refractivity contribution in [3.8, 4) is 0 Å². The summed E-state index contributed by atoms with van der Waals surface area (Å²) in [5.74, 6) is 0.944. The number of morpholine rings is 1. The fourth-order valence-electron chi connectivity index (χ4n) is 4.26. The van der Waals surface area contributed by atoms with Crippen molar-refractivity contribution in [3.05, 3.63) is 0 Å². The molecule has 128 valence electrons. The van der Waals surface area contributed by atoms with Gasteiger partial charge in [0.05, 0.1) is 13.2 Å². The van der Waals surface area contributed by atoms with E-state index in [1.807, 2.05) is 0 Å². The van der Waals surface area contributed by atoms with Crippen LogP contribution >= 0.6 is 0 Å². The van der Waals surface area contributed by atoms with Crippen LogP contribution in [0.5, 0.6) is 0 Å². The van der Waals surface area contributed by atoms with Gasteiger partial charge in [-0.2, -0.15) is 0 Å². The van der Waals surface area contributed by atoms with Gasteiger partial charge < -0.3 is 4.74 Å². The van der Waals surface area contributed by atoms with Crippen LogP contribution in [0.3, 0.4) is 0 Å². The van der Waals surface area contributed by atoms with Crippen LogP contribution in [-0.2, 0) is 4.74 Å². The van der Waals surface area contributed by atoms with Crippen molar-refractivity contribution in [2.24, 2.45) is 5.92 Å². The highest BCUT2D eigenvalue weighted by molar-refractivity contribution is 4.98. The highest BCUT2D eigenvalue weighted by Gasteiger charge is 2.43. The Bertz CT molecular complexity index is 354. The van der Waals surface area contributed by atoms with Crippen molar-refractivity contribution < 1.29 is 4.74 Å². The second kappa shape index (κ2) is 6.76. The van der Waals surface area contributed by atoms with E-state index in [2.05, 4.69) is 42.4 Å². The van der Waals surface area contributed by atoms with E-state index >= 15 is 0 Å². The van der Waals surface area contributed by atoms with Crippen molar-refractivity contribution in [2.75, 3.05) is 52.5 Å². The Morgan fingerprint density at radius 3 is 2.23 bits per heavy atom. The van der Waals surface area contributed by atoms with Gasteiger partial charge in [0.2, 0.25) is 0 Å². The normalized spacial score (nSPS) is 33.8. The largest absolute Gasteiger partial charge is 0.379 e. The lowest BCUT2D eigenvalue weighted by atomic mass is 10.0. The van der Waals surface area contributed by atoms with E-state index in [9.17, 15) is 0 Å². The monoisotopic (exact) mass is 309 g/mol. The van der Waals surface area contributed by atoms with Crippen LogP contribution in [0.1, 0.15) is 40.5 Å². The topological polar surface area (TPSA) is 19.0 Å². The third-order valence-electron chi connectivity index (χ3n) is 5.93. The van der Waals surface area contributed by atoms with Crippen LogP contribution in [-0.4, -0.2) is 84.8 Å². The molecule has 22 heavy (non-hydrogen) atoms. The Balaban J connectivity index is 1.39. The minimum absolute atomic E-state index is 0.333. The third-order valence-corrected chi connectivity index (χ3v) is 5.93. The van der Waals surface area contributed by atoms with E-state index in [-0.39, 0.29) is 0 Å². The van der Waals surface area contributed by atoms with Gasteiger partial charge in [0.25, 0.3) is 0 Å². The van der Waals surface area contributed by atoms with Crippen LogP contribution in [0.4, 0.5) is 0 Å². The third kappa shape index (κ3) is 4.02. The maximum absolute atomic E-state index is 5.47. The van der Waals surface area contributed by atoms with Crippen LogP contribution < -0.4 is 0 Å². The molecule has 3 unspecified atom stereocenters. The summed E-state index contributed by atoms with van der Waals surface area (Å²) >= 11 is 0. The lowest BCUT2D eigenvalue weighted by Gasteiger charge is -2.42. The molecule has 2 aliphatic heterocycles. The fraction of sp³-hybridized carbons (Fsp3) is 1.00. The Morgan fingerprint density at radius 2 is 1.64 bits per heavy atom. The summed E-state index contributed by atoms with van der Waals surface area (Å²) in [4.78, 5) is 8.02. The van der Waals surface area contributed by atoms with Gasteiger partial charge in [-0.3, -0.25) is 14.7 Å². The predicted octanol–water partition coefficient (Wildman–Crippen LogP) is 1.90. The molecule has 0 bridgehead atoms. The van der Waals surface area contributed by atoms with Crippen molar-refractivity contribution in [2.45, 2.75) is 58.2 Å². The molecule has 3 fully saturated rings. The summed E-state index contributed by atoms with van der Waals surface area (Å²) in [6.07, 6.45) is 2.81. The Kier molecular flexibility index (Phi) is 5.13. The molecule has 1 saturated carbocycles.